The number of alkyl halides is 1. The van der Waals surface area contributed by atoms with Gasteiger partial charge in [-0.15, -0.1) is 11.6 Å². The lowest BCUT2D eigenvalue weighted by Crippen LogP contribution is -2.65. The number of aliphatic carboxylic acids is 1. The highest BCUT2D eigenvalue weighted by Crippen LogP contribution is 2.34. The number of hydrazine groups is 1. The number of rotatable bonds is 10. The molecule has 6 N–H and O–H groups in total. The number of nitrogens with zero attached hydrogens (tertiary/aromatic N) is 2. The van der Waals surface area contributed by atoms with Crippen molar-refractivity contribution >= 4 is 53.3 Å². The van der Waals surface area contributed by atoms with E-state index < -0.39 is 66.5 Å². The van der Waals surface area contributed by atoms with Gasteiger partial charge in [-0.1, -0.05) is 11.6 Å². The molecule has 0 saturated carbocycles. The van der Waals surface area contributed by atoms with Crippen LogP contribution >= 0.6 is 23.2 Å². The van der Waals surface area contributed by atoms with Crippen LogP contribution < -0.4 is 16.0 Å². The summed E-state index contributed by atoms with van der Waals surface area (Å²) in [5.74, 6) is -3.27. The number of halogens is 2. The summed E-state index contributed by atoms with van der Waals surface area (Å²) in [5.41, 5.74) is 0.330. The highest BCUT2D eigenvalue weighted by atomic mass is 35.5. The third kappa shape index (κ3) is 6.90. The van der Waals surface area contributed by atoms with Gasteiger partial charge in [0.25, 0.3) is 5.91 Å². The third-order valence-corrected chi connectivity index (χ3v) is 7.49. The van der Waals surface area contributed by atoms with Gasteiger partial charge in [0.05, 0.1) is 30.1 Å². The van der Waals surface area contributed by atoms with Crippen molar-refractivity contribution in [3.8, 4) is 0 Å². The van der Waals surface area contributed by atoms with E-state index in [0.717, 1.165) is 5.01 Å². The molecule has 4 amide bonds. The summed E-state index contributed by atoms with van der Waals surface area (Å²) in [7, 11) is 0. The molecule has 3 aliphatic rings. The second-order valence-corrected chi connectivity index (χ2v) is 10.3. The molecule has 2 aliphatic heterocycles. The van der Waals surface area contributed by atoms with Crippen LogP contribution in [0.2, 0.25) is 0 Å². The molecular formula is C22H31Cl2N5O8. The van der Waals surface area contributed by atoms with Gasteiger partial charge < -0.3 is 26.0 Å². The van der Waals surface area contributed by atoms with Crippen molar-refractivity contribution in [1.82, 2.24) is 26.0 Å². The fraction of sp³-hybridized carbons (Fsp3) is 0.682. The summed E-state index contributed by atoms with van der Waals surface area (Å²) in [5, 5.41) is 39.0. The van der Waals surface area contributed by atoms with Crippen LogP contribution in [-0.4, -0.2) is 98.3 Å². The number of carboxylic acids is 1. The molecule has 3 unspecified atom stereocenters. The summed E-state index contributed by atoms with van der Waals surface area (Å²) < 4.78 is 0. The van der Waals surface area contributed by atoms with E-state index in [0.29, 0.717) is 24.9 Å². The molecule has 0 aromatic heterocycles. The molecule has 0 radical (unpaired) electrons. The molecule has 13 nitrogen and oxygen atoms in total. The van der Waals surface area contributed by atoms with E-state index in [2.05, 4.69) is 16.0 Å². The van der Waals surface area contributed by atoms with Crippen LogP contribution in [0.3, 0.4) is 0 Å². The highest BCUT2D eigenvalue weighted by molar-refractivity contribution is 6.32. The minimum Gasteiger partial charge on any atom is -0.481 e. The molecule has 0 spiro atoms. The van der Waals surface area contributed by atoms with Crippen LogP contribution in [0.5, 0.6) is 0 Å². The van der Waals surface area contributed by atoms with Crippen molar-refractivity contribution in [3.05, 3.63) is 10.7 Å². The maximum Gasteiger partial charge on any atom is 0.305 e. The number of aliphatic hydroxyl groups excluding tert-OH is 2. The van der Waals surface area contributed by atoms with E-state index in [1.165, 1.54) is 5.01 Å². The summed E-state index contributed by atoms with van der Waals surface area (Å²) in [4.78, 5) is 61.3. The van der Waals surface area contributed by atoms with Crippen molar-refractivity contribution < 1.29 is 39.3 Å². The number of carboxylic acid groups (broad SMARTS) is 1. The smallest absolute Gasteiger partial charge is 0.305 e. The number of nitrogens with one attached hydrogen (secondary N) is 3. The van der Waals surface area contributed by atoms with Gasteiger partial charge in [0.1, 0.15) is 12.3 Å². The van der Waals surface area contributed by atoms with Crippen molar-refractivity contribution in [2.24, 2.45) is 5.92 Å². The molecule has 0 bridgehead atoms. The molecule has 0 aromatic carbocycles. The first kappa shape index (κ1) is 29.1. The van der Waals surface area contributed by atoms with E-state index in [9.17, 15) is 34.2 Å². The largest absolute Gasteiger partial charge is 0.481 e. The molecule has 206 valence electrons. The fourth-order valence-corrected chi connectivity index (χ4v) is 5.74. The molecule has 0 aromatic rings. The van der Waals surface area contributed by atoms with E-state index in [4.69, 9.17) is 28.3 Å². The van der Waals surface area contributed by atoms with Gasteiger partial charge in [0.15, 0.2) is 0 Å². The van der Waals surface area contributed by atoms with E-state index >= 15 is 0 Å². The van der Waals surface area contributed by atoms with E-state index in [1.54, 1.807) is 0 Å². The molecule has 2 saturated heterocycles. The maximum absolute atomic E-state index is 13.6. The molecule has 37 heavy (non-hydrogen) atoms. The third-order valence-electron chi connectivity index (χ3n) is 6.74. The van der Waals surface area contributed by atoms with Crippen molar-refractivity contribution in [2.75, 3.05) is 13.2 Å². The second-order valence-electron chi connectivity index (χ2n) is 9.28. The van der Waals surface area contributed by atoms with Gasteiger partial charge >= 0.3 is 5.97 Å². The summed E-state index contributed by atoms with van der Waals surface area (Å²) in [6, 6.07) is -2.96. The predicted molar refractivity (Wildman–Crippen MR) is 129 cm³/mol. The molecule has 1 aliphatic carbocycles. The Morgan fingerprint density at radius 1 is 1.24 bits per heavy atom. The minimum atomic E-state index is -1.44. The SMILES string of the molecule is O=CNC1=C(Cl)CC(C(=O)N[C@H]2CCC(=O)N3CCC[C@@H](C(O)N[C@H](CO)CC(=O)O)N3C2=O)CC1Cl. The Balaban J connectivity index is 1.75. The van der Waals surface area contributed by atoms with E-state index in [-0.39, 0.29) is 43.2 Å². The molecule has 6 atom stereocenters. The topological polar surface area (TPSA) is 189 Å². The van der Waals surface area contributed by atoms with Crippen molar-refractivity contribution in [2.45, 2.75) is 74.7 Å². The second kappa shape index (κ2) is 12.9. The van der Waals surface area contributed by atoms with Gasteiger partial charge in [0, 0.05) is 30.0 Å². The average molecular weight is 564 g/mol. The molecule has 3 rings (SSSR count). The summed E-state index contributed by atoms with van der Waals surface area (Å²) in [6.07, 6.45) is -0.343. The number of aliphatic hydroxyl groups is 2. The Bertz CT molecular complexity index is 950. The first-order chi connectivity index (χ1) is 17.6. The molecule has 2 heterocycles. The lowest BCUT2D eigenvalue weighted by molar-refractivity contribution is -0.182. The Hall–Kier alpha value is -2.45. The van der Waals surface area contributed by atoms with Crippen LogP contribution in [0.25, 0.3) is 0 Å². The normalized spacial score (nSPS) is 28.2. The Morgan fingerprint density at radius 2 is 1.97 bits per heavy atom. The van der Waals surface area contributed by atoms with Crippen LogP contribution in [0.15, 0.2) is 10.7 Å². The first-order valence-electron chi connectivity index (χ1n) is 12.0. The average Bonchev–Trinajstić information content (AvgIpc) is 2.97. The zero-order valence-corrected chi connectivity index (χ0v) is 21.5. The summed E-state index contributed by atoms with van der Waals surface area (Å²) >= 11 is 12.5. The van der Waals surface area contributed by atoms with Gasteiger partial charge in [-0.2, -0.15) is 0 Å². The standard InChI is InChI=1S/C22H31Cl2N5O8/c23-13-6-11(7-14(24)19(13)25-10-31)20(35)27-15-3-4-17(32)28-5-1-2-16(29(28)22(15)37)21(36)26-12(9-30)8-18(33)34/h10-13,15-16,21,26,30,36H,1-9H2,(H,25,31)(H,27,35)(H,33,34)/t11?,12-,13?,15-,16-,21?/m0/s1. The highest BCUT2D eigenvalue weighted by Gasteiger charge is 2.45. The van der Waals surface area contributed by atoms with Crippen LogP contribution in [0.4, 0.5) is 0 Å². The number of fused-ring (bicyclic) bond motifs is 1. The van der Waals surface area contributed by atoms with Gasteiger partial charge in [-0.25, -0.2) is 5.01 Å². The first-order valence-corrected chi connectivity index (χ1v) is 12.8. The quantitative estimate of drug-likeness (QED) is 0.109. The van der Waals surface area contributed by atoms with Gasteiger partial charge in [-0.3, -0.25) is 34.3 Å². The zero-order chi connectivity index (χ0) is 27.3. The number of allylic oxidation sites excluding steroid dienone is 2. The lowest BCUT2D eigenvalue weighted by atomic mass is 9.90. The maximum atomic E-state index is 13.6. The number of hydrogen-bond acceptors (Lipinski definition) is 8. The van der Waals surface area contributed by atoms with E-state index in [1.807, 2.05) is 0 Å². The van der Waals surface area contributed by atoms with Gasteiger partial charge in [0.2, 0.25) is 18.2 Å². The van der Waals surface area contributed by atoms with Gasteiger partial charge in [-0.05, 0) is 32.1 Å². The monoisotopic (exact) mass is 563 g/mol. The Kier molecular flexibility index (Phi) is 10.1. The minimum absolute atomic E-state index is 0.0153. The van der Waals surface area contributed by atoms with Crippen LogP contribution in [0, 0.1) is 5.92 Å². The molecular weight excluding hydrogens is 533 g/mol. The Labute approximate surface area is 223 Å². The number of amides is 4. The zero-order valence-electron chi connectivity index (χ0n) is 19.9. The Morgan fingerprint density at radius 3 is 2.59 bits per heavy atom. The van der Waals surface area contributed by atoms with Crippen molar-refractivity contribution in [1.29, 1.82) is 0 Å². The van der Waals surface area contributed by atoms with Crippen LogP contribution in [0.1, 0.15) is 44.9 Å². The molecule has 2 fully saturated rings. The predicted octanol–water partition coefficient (Wildman–Crippen LogP) is -1.04. The number of hydrogen-bond donors (Lipinski definition) is 6. The lowest BCUT2D eigenvalue weighted by Gasteiger charge is -2.46. The number of carbonyl (C=O) groups is 5. The summed E-state index contributed by atoms with van der Waals surface area (Å²) in [6.45, 7) is -0.314. The fourth-order valence-electron chi connectivity index (χ4n) is 4.90. The number of carbonyl (C=O) groups excluding carboxylic acids is 4. The van der Waals surface area contributed by atoms with Crippen LogP contribution in [-0.2, 0) is 24.0 Å². The van der Waals surface area contributed by atoms with Crippen molar-refractivity contribution in [3.63, 3.8) is 0 Å². The molecule has 15 heteroatoms.